The van der Waals surface area contributed by atoms with Gasteiger partial charge in [-0.25, -0.2) is 0 Å². The standard InChI is InChI=1S/C17H15N3O2S/c1-18-15(21)14(16(22)19(2)17(18)23)11-13-9-6-10-20(13)12-7-4-3-5-8-12/h3-11H,1-2H3. The van der Waals surface area contributed by atoms with Crippen molar-refractivity contribution in [2.45, 2.75) is 0 Å². The lowest BCUT2D eigenvalue weighted by Gasteiger charge is -2.31. The second-order valence-electron chi connectivity index (χ2n) is 5.21. The van der Waals surface area contributed by atoms with Crippen LogP contribution in [0.4, 0.5) is 0 Å². The molecule has 0 atom stereocenters. The van der Waals surface area contributed by atoms with Crippen molar-refractivity contribution in [1.82, 2.24) is 14.4 Å². The Hall–Kier alpha value is -2.73. The quantitative estimate of drug-likeness (QED) is 0.482. The van der Waals surface area contributed by atoms with E-state index in [0.29, 0.717) is 0 Å². The fourth-order valence-electron chi connectivity index (χ4n) is 2.46. The number of carbonyl (C=O) groups is 2. The van der Waals surface area contributed by atoms with Crippen LogP contribution in [0, 0.1) is 0 Å². The minimum Gasteiger partial charge on any atom is -0.317 e. The van der Waals surface area contributed by atoms with Gasteiger partial charge in [0.25, 0.3) is 11.8 Å². The summed E-state index contributed by atoms with van der Waals surface area (Å²) in [7, 11) is 3.13. The normalized spacial score (nSPS) is 15.4. The lowest BCUT2D eigenvalue weighted by Crippen LogP contribution is -2.52. The second-order valence-corrected chi connectivity index (χ2v) is 5.57. The number of hydrogen-bond donors (Lipinski definition) is 0. The van der Waals surface area contributed by atoms with Gasteiger partial charge in [-0.3, -0.25) is 19.4 Å². The van der Waals surface area contributed by atoms with E-state index in [4.69, 9.17) is 12.2 Å². The van der Waals surface area contributed by atoms with Gasteiger partial charge in [0.1, 0.15) is 5.57 Å². The van der Waals surface area contributed by atoms with Crippen LogP contribution in [0.15, 0.2) is 54.2 Å². The summed E-state index contributed by atoms with van der Waals surface area (Å²) >= 11 is 5.09. The Kier molecular flexibility index (Phi) is 3.83. The number of hydrogen-bond acceptors (Lipinski definition) is 3. The second kappa shape index (κ2) is 5.81. The lowest BCUT2D eigenvalue weighted by atomic mass is 10.1. The predicted molar refractivity (Wildman–Crippen MR) is 91.9 cm³/mol. The molecule has 0 spiro atoms. The minimum atomic E-state index is -0.390. The number of likely N-dealkylation sites (N-methyl/N-ethyl adjacent to an activating group) is 2. The molecule has 0 aliphatic carbocycles. The van der Waals surface area contributed by atoms with Gasteiger partial charge in [-0.1, -0.05) is 18.2 Å². The third-order valence-corrected chi connectivity index (χ3v) is 4.30. The van der Waals surface area contributed by atoms with Crippen LogP contribution in [-0.2, 0) is 9.59 Å². The highest BCUT2D eigenvalue weighted by Crippen LogP contribution is 2.20. The molecule has 0 saturated carbocycles. The molecule has 2 heterocycles. The highest BCUT2D eigenvalue weighted by Gasteiger charge is 2.35. The molecule has 6 heteroatoms. The number of para-hydroxylation sites is 1. The molecule has 1 aromatic carbocycles. The van der Waals surface area contributed by atoms with Crippen LogP contribution in [0.1, 0.15) is 5.69 Å². The molecule has 1 fully saturated rings. The van der Waals surface area contributed by atoms with E-state index in [9.17, 15) is 9.59 Å². The van der Waals surface area contributed by atoms with Crippen molar-refractivity contribution in [3.63, 3.8) is 0 Å². The van der Waals surface area contributed by atoms with E-state index in [1.807, 2.05) is 53.2 Å². The zero-order valence-electron chi connectivity index (χ0n) is 12.8. The zero-order chi connectivity index (χ0) is 16.6. The van der Waals surface area contributed by atoms with Crippen molar-refractivity contribution < 1.29 is 9.59 Å². The van der Waals surface area contributed by atoms with Gasteiger partial charge in [0.2, 0.25) is 0 Å². The van der Waals surface area contributed by atoms with Crippen LogP contribution in [0.25, 0.3) is 11.8 Å². The van der Waals surface area contributed by atoms with E-state index in [1.165, 1.54) is 9.80 Å². The first-order chi connectivity index (χ1) is 11.0. The Morgan fingerprint density at radius 1 is 0.913 bits per heavy atom. The summed E-state index contributed by atoms with van der Waals surface area (Å²) in [6, 6.07) is 13.4. The summed E-state index contributed by atoms with van der Waals surface area (Å²) < 4.78 is 1.92. The third-order valence-electron chi connectivity index (χ3n) is 3.75. The summed E-state index contributed by atoms with van der Waals surface area (Å²) in [6.45, 7) is 0. The fourth-order valence-corrected chi connectivity index (χ4v) is 2.62. The lowest BCUT2D eigenvalue weighted by molar-refractivity contribution is -0.132. The summed E-state index contributed by atoms with van der Waals surface area (Å²) in [4.78, 5) is 27.4. The Morgan fingerprint density at radius 2 is 1.52 bits per heavy atom. The van der Waals surface area contributed by atoms with Gasteiger partial charge in [0.05, 0.1) is 0 Å². The van der Waals surface area contributed by atoms with E-state index in [-0.39, 0.29) is 22.5 Å². The number of nitrogens with zero attached hydrogens (tertiary/aromatic N) is 3. The van der Waals surface area contributed by atoms with Crippen LogP contribution < -0.4 is 0 Å². The van der Waals surface area contributed by atoms with Crippen LogP contribution in [0.5, 0.6) is 0 Å². The van der Waals surface area contributed by atoms with Crippen molar-refractivity contribution >= 4 is 35.2 Å². The Morgan fingerprint density at radius 3 is 2.13 bits per heavy atom. The maximum Gasteiger partial charge on any atom is 0.265 e. The largest absolute Gasteiger partial charge is 0.317 e. The fraction of sp³-hybridized carbons (Fsp3) is 0.118. The summed E-state index contributed by atoms with van der Waals surface area (Å²) in [5.74, 6) is -0.780. The van der Waals surface area contributed by atoms with Gasteiger partial charge in [0, 0.05) is 31.7 Å². The first-order valence-electron chi connectivity index (χ1n) is 7.05. The van der Waals surface area contributed by atoms with E-state index >= 15 is 0 Å². The van der Waals surface area contributed by atoms with Crippen LogP contribution in [0.3, 0.4) is 0 Å². The van der Waals surface area contributed by atoms with E-state index in [0.717, 1.165) is 11.4 Å². The Balaban J connectivity index is 2.06. The van der Waals surface area contributed by atoms with Gasteiger partial charge in [-0.2, -0.15) is 0 Å². The monoisotopic (exact) mass is 325 g/mol. The maximum absolute atomic E-state index is 12.4. The van der Waals surface area contributed by atoms with Crippen molar-refractivity contribution in [3.8, 4) is 5.69 Å². The first-order valence-corrected chi connectivity index (χ1v) is 7.46. The van der Waals surface area contributed by atoms with Crippen molar-refractivity contribution in [2.24, 2.45) is 0 Å². The van der Waals surface area contributed by atoms with Crippen LogP contribution in [-0.4, -0.2) is 45.4 Å². The number of rotatable bonds is 2. The smallest absolute Gasteiger partial charge is 0.265 e. The molecule has 0 unspecified atom stereocenters. The Bertz CT molecular complexity index is 797. The molecule has 116 valence electrons. The maximum atomic E-state index is 12.4. The van der Waals surface area contributed by atoms with Gasteiger partial charge < -0.3 is 4.57 Å². The van der Waals surface area contributed by atoms with Gasteiger partial charge >= 0.3 is 0 Å². The topological polar surface area (TPSA) is 45.6 Å². The van der Waals surface area contributed by atoms with Gasteiger partial charge in [0.15, 0.2) is 5.11 Å². The Labute approximate surface area is 139 Å². The van der Waals surface area contributed by atoms with Crippen molar-refractivity contribution in [1.29, 1.82) is 0 Å². The summed E-state index contributed by atoms with van der Waals surface area (Å²) in [5.41, 5.74) is 1.80. The molecule has 0 bridgehead atoms. The summed E-state index contributed by atoms with van der Waals surface area (Å²) in [5, 5.41) is 0.204. The SMILES string of the molecule is CN1C(=O)C(=Cc2cccn2-c2ccccc2)C(=O)N(C)C1=S. The zero-order valence-corrected chi connectivity index (χ0v) is 13.6. The molecule has 0 N–H and O–H groups in total. The first kappa shape index (κ1) is 15.2. The van der Waals surface area contributed by atoms with Crippen molar-refractivity contribution in [2.75, 3.05) is 14.1 Å². The summed E-state index contributed by atoms with van der Waals surface area (Å²) in [6.07, 6.45) is 3.49. The van der Waals surface area contributed by atoms with E-state index in [2.05, 4.69) is 0 Å². The molecule has 2 amide bonds. The van der Waals surface area contributed by atoms with Crippen LogP contribution in [0.2, 0.25) is 0 Å². The number of benzene rings is 1. The molecular formula is C17H15N3O2S. The third kappa shape index (κ3) is 2.57. The number of aromatic nitrogens is 1. The molecule has 1 aromatic heterocycles. The average molecular weight is 325 g/mol. The van der Waals surface area contributed by atoms with Gasteiger partial charge in [-0.05, 0) is 42.6 Å². The molecule has 1 aliphatic rings. The molecular weight excluding hydrogens is 310 g/mol. The van der Waals surface area contributed by atoms with E-state index < -0.39 is 0 Å². The van der Waals surface area contributed by atoms with Gasteiger partial charge in [-0.15, -0.1) is 0 Å². The molecule has 23 heavy (non-hydrogen) atoms. The molecule has 1 aliphatic heterocycles. The van der Waals surface area contributed by atoms with Crippen molar-refractivity contribution in [3.05, 3.63) is 59.9 Å². The molecule has 5 nitrogen and oxygen atoms in total. The molecule has 3 rings (SSSR count). The van der Waals surface area contributed by atoms with E-state index in [1.54, 1.807) is 20.2 Å². The highest BCUT2D eigenvalue weighted by atomic mass is 32.1. The van der Waals surface area contributed by atoms with Crippen LogP contribution >= 0.6 is 12.2 Å². The highest BCUT2D eigenvalue weighted by molar-refractivity contribution is 7.80. The molecule has 1 saturated heterocycles. The number of amides is 2. The number of thiocarbonyl (C=S) groups is 1. The molecule has 2 aromatic rings. The number of carbonyl (C=O) groups excluding carboxylic acids is 2. The molecule has 0 radical (unpaired) electrons. The predicted octanol–water partition coefficient (Wildman–Crippen LogP) is 2.08. The minimum absolute atomic E-state index is 0.0967. The average Bonchev–Trinajstić information content (AvgIpc) is 3.04.